The van der Waals surface area contributed by atoms with Gasteiger partial charge in [-0.05, 0) is 24.6 Å². The van der Waals surface area contributed by atoms with Crippen molar-refractivity contribution in [3.63, 3.8) is 0 Å². The fourth-order valence-electron chi connectivity index (χ4n) is 2.96. The van der Waals surface area contributed by atoms with Gasteiger partial charge in [0.15, 0.2) is 5.65 Å². The van der Waals surface area contributed by atoms with Crippen molar-refractivity contribution in [1.29, 1.82) is 0 Å². The third-order valence-electron chi connectivity index (χ3n) is 4.34. The van der Waals surface area contributed by atoms with Gasteiger partial charge in [0.1, 0.15) is 12.9 Å². The van der Waals surface area contributed by atoms with Crippen LogP contribution in [0.4, 0.5) is 5.69 Å². The van der Waals surface area contributed by atoms with E-state index in [1.807, 2.05) is 55.5 Å². The van der Waals surface area contributed by atoms with Crippen LogP contribution in [-0.4, -0.2) is 19.7 Å². The molecule has 0 aliphatic carbocycles. The molecule has 28 heavy (non-hydrogen) atoms. The second kappa shape index (κ2) is 7.87. The number of benzene rings is 1. The molecule has 0 aliphatic rings. The van der Waals surface area contributed by atoms with Gasteiger partial charge in [0.25, 0.3) is 5.56 Å². The first-order valence-electron chi connectivity index (χ1n) is 8.91. The number of aromatic nitrogens is 4. The highest BCUT2D eigenvalue weighted by Gasteiger charge is 2.14. The molecule has 140 valence electrons. The molecule has 3 heterocycles. The van der Waals surface area contributed by atoms with Crippen LogP contribution in [-0.2, 0) is 13.2 Å². The Hall–Kier alpha value is -3.74. The standard InChI is InChI=1S/C21H19N5O2/c1-15-20-18(23-12-17-9-5-6-10-22-17)11-19(27)26(21(20)25-14-24-15)28-13-16-7-3-2-4-8-16/h2-11,14,23H,12-13H2,1H3. The fourth-order valence-corrected chi connectivity index (χ4v) is 2.96. The predicted molar refractivity (Wildman–Crippen MR) is 107 cm³/mol. The Bertz CT molecular complexity index is 1140. The van der Waals surface area contributed by atoms with Crippen molar-refractivity contribution >= 4 is 16.7 Å². The molecule has 1 N–H and O–H groups in total. The molecule has 0 fully saturated rings. The minimum Gasteiger partial charge on any atom is -0.404 e. The normalized spacial score (nSPS) is 10.8. The van der Waals surface area contributed by atoms with E-state index in [2.05, 4.69) is 20.3 Å². The Morgan fingerprint density at radius 3 is 2.64 bits per heavy atom. The van der Waals surface area contributed by atoms with Crippen LogP contribution in [0, 0.1) is 6.92 Å². The molecule has 0 radical (unpaired) electrons. The Balaban J connectivity index is 1.69. The summed E-state index contributed by atoms with van der Waals surface area (Å²) in [7, 11) is 0. The smallest absolute Gasteiger partial charge is 0.287 e. The Kier molecular flexibility index (Phi) is 4.97. The molecule has 0 saturated heterocycles. The summed E-state index contributed by atoms with van der Waals surface area (Å²) in [5.74, 6) is 0. The molecule has 1 aromatic carbocycles. The van der Waals surface area contributed by atoms with Gasteiger partial charge in [-0.1, -0.05) is 36.4 Å². The number of fused-ring (bicyclic) bond motifs is 1. The van der Waals surface area contributed by atoms with Gasteiger partial charge in [-0.25, -0.2) is 9.97 Å². The van der Waals surface area contributed by atoms with Gasteiger partial charge in [-0.2, -0.15) is 0 Å². The van der Waals surface area contributed by atoms with E-state index in [9.17, 15) is 4.79 Å². The highest BCUT2D eigenvalue weighted by molar-refractivity contribution is 5.90. The summed E-state index contributed by atoms with van der Waals surface area (Å²) in [6.07, 6.45) is 3.17. The van der Waals surface area contributed by atoms with Crippen molar-refractivity contribution in [2.24, 2.45) is 0 Å². The summed E-state index contributed by atoms with van der Waals surface area (Å²) in [4.78, 5) is 31.4. The molecule has 0 amide bonds. The maximum absolute atomic E-state index is 12.7. The number of hydrogen-bond donors (Lipinski definition) is 1. The van der Waals surface area contributed by atoms with Crippen LogP contribution < -0.4 is 15.7 Å². The van der Waals surface area contributed by atoms with Gasteiger partial charge in [0.2, 0.25) is 0 Å². The first-order valence-corrected chi connectivity index (χ1v) is 8.91. The van der Waals surface area contributed by atoms with Crippen LogP contribution in [0.2, 0.25) is 0 Å². The SMILES string of the molecule is Cc1ncnc2c1c(NCc1ccccn1)cc(=O)n2OCc1ccccc1. The van der Waals surface area contributed by atoms with Crippen molar-refractivity contribution in [2.45, 2.75) is 20.1 Å². The lowest BCUT2D eigenvalue weighted by molar-refractivity contribution is 0.0979. The number of pyridine rings is 2. The van der Waals surface area contributed by atoms with E-state index >= 15 is 0 Å². The zero-order chi connectivity index (χ0) is 19.3. The monoisotopic (exact) mass is 373 g/mol. The van der Waals surface area contributed by atoms with Crippen LogP contribution in [0.3, 0.4) is 0 Å². The molecule has 7 heteroatoms. The van der Waals surface area contributed by atoms with Crippen molar-refractivity contribution in [3.8, 4) is 0 Å². The number of nitrogens with one attached hydrogen (secondary N) is 1. The van der Waals surface area contributed by atoms with Crippen LogP contribution in [0.25, 0.3) is 11.0 Å². The van der Waals surface area contributed by atoms with Crippen molar-refractivity contribution in [1.82, 2.24) is 19.7 Å². The van der Waals surface area contributed by atoms with Crippen LogP contribution in [0.1, 0.15) is 17.0 Å². The summed E-state index contributed by atoms with van der Waals surface area (Å²) in [6.45, 7) is 2.63. The maximum Gasteiger partial charge on any atom is 0.287 e. The van der Waals surface area contributed by atoms with Crippen LogP contribution in [0.5, 0.6) is 0 Å². The molecule has 0 bridgehead atoms. The summed E-state index contributed by atoms with van der Waals surface area (Å²) < 4.78 is 1.23. The summed E-state index contributed by atoms with van der Waals surface area (Å²) in [5.41, 5.74) is 3.37. The molecule has 0 aliphatic heterocycles. The maximum atomic E-state index is 12.7. The lowest BCUT2D eigenvalue weighted by atomic mass is 10.2. The lowest BCUT2D eigenvalue weighted by Crippen LogP contribution is -2.28. The first-order chi connectivity index (χ1) is 13.7. The number of anilines is 1. The lowest BCUT2D eigenvalue weighted by Gasteiger charge is -2.15. The number of rotatable bonds is 6. The fraction of sp³-hybridized carbons (Fsp3) is 0.143. The molecule has 0 spiro atoms. The average Bonchev–Trinajstić information content (AvgIpc) is 2.73. The zero-order valence-corrected chi connectivity index (χ0v) is 15.4. The van der Waals surface area contributed by atoms with Gasteiger partial charge < -0.3 is 10.2 Å². The van der Waals surface area contributed by atoms with Crippen molar-refractivity contribution in [2.75, 3.05) is 5.32 Å². The van der Waals surface area contributed by atoms with Crippen molar-refractivity contribution in [3.05, 3.63) is 94.4 Å². The van der Waals surface area contributed by atoms with E-state index in [1.54, 1.807) is 6.20 Å². The van der Waals surface area contributed by atoms with Gasteiger partial charge in [-0.15, -0.1) is 4.73 Å². The molecule has 3 aromatic heterocycles. The van der Waals surface area contributed by atoms with Crippen LogP contribution in [0.15, 0.2) is 71.9 Å². The highest BCUT2D eigenvalue weighted by Crippen LogP contribution is 2.22. The number of nitrogens with zero attached hydrogens (tertiary/aromatic N) is 4. The molecule has 0 unspecified atom stereocenters. The summed E-state index contributed by atoms with van der Waals surface area (Å²) in [5, 5.41) is 4.02. The van der Waals surface area contributed by atoms with Crippen molar-refractivity contribution < 1.29 is 4.84 Å². The minimum absolute atomic E-state index is 0.263. The second-order valence-electron chi connectivity index (χ2n) is 6.28. The second-order valence-corrected chi connectivity index (χ2v) is 6.28. The van der Waals surface area contributed by atoms with Crippen LogP contribution >= 0.6 is 0 Å². The van der Waals surface area contributed by atoms with Gasteiger partial charge in [-0.3, -0.25) is 9.78 Å². The van der Waals surface area contributed by atoms with E-state index in [0.29, 0.717) is 17.9 Å². The number of aryl methyl sites for hydroxylation is 1. The Morgan fingerprint density at radius 2 is 1.86 bits per heavy atom. The molecular weight excluding hydrogens is 354 g/mol. The quantitative estimate of drug-likeness (QED) is 0.560. The topological polar surface area (TPSA) is 81.9 Å². The molecular formula is C21H19N5O2. The van der Waals surface area contributed by atoms with E-state index in [0.717, 1.165) is 22.3 Å². The third kappa shape index (κ3) is 3.68. The largest absolute Gasteiger partial charge is 0.404 e. The molecule has 7 nitrogen and oxygen atoms in total. The number of hydrogen-bond acceptors (Lipinski definition) is 6. The van der Waals surface area contributed by atoms with Gasteiger partial charge in [0.05, 0.1) is 29.0 Å². The molecule has 4 rings (SSSR count). The summed E-state index contributed by atoms with van der Waals surface area (Å²) >= 11 is 0. The summed E-state index contributed by atoms with van der Waals surface area (Å²) in [6, 6.07) is 16.9. The van der Waals surface area contributed by atoms with E-state index < -0.39 is 0 Å². The van der Waals surface area contributed by atoms with Gasteiger partial charge >= 0.3 is 0 Å². The minimum atomic E-state index is -0.301. The zero-order valence-electron chi connectivity index (χ0n) is 15.4. The Morgan fingerprint density at radius 1 is 1.04 bits per heavy atom. The highest BCUT2D eigenvalue weighted by atomic mass is 16.7. The predicted octanol–water partition coefficient (Wildman–Crippen LogP) is 2.74. The molecule has 4 aromatic rings. The van der Waals surface area contributed by atoms with E-state index in [-0.39, 0.29) is 12.2 Å². The van der Waals surface area contributed by atoms with E-state index in [4.69, 9.17) is 4.84 Å². The van der Waals surface area contributed by atoms with E-state index in [1.165, 1.54) is 17.1 Å². The average molecular weight is 373 g/mol. The molecule has 0 saturated carbocycles. The first kappa shape index (κ1) is 17.7. The molecule has 0 atom stereocenters. The Labute approximate surface area is 161 Å². The van der Waals surface area contributed by atoms with Gasteiger partial charge in [0, 0.05) is 12.3 Å². The third-order valence-corrected chi connectivity index (χ3v) is 4.34.